The van der Waals surface area contributed by atoms with E-state index in [1.54, 1.807) is 0 Å². The van der Waals surface area contributed by atoms with Gasteiger partial charge in [-0.15, -0.1) is 0 Å². The van der Waals surface area contributed by atoms with Gasteiger partial charge in [0.2, 0.25) is 0 Å². The standard InChI is InChI=1S/C13H12N2O4/c16-12(17)10-8-19-13(14-10)15-5-6-18-11-4-2-1-3-9(11)7-15/h1-4,8H,5-7H2,(H,16,17). The van der Waals surface area contributed by atoms with Crippen LogP contribution in [0.1, 0.15) is 16.1 Å². The SMILES string of the molecule is O=C(O)c1coc(N2CCOc3ccccc3C2)n1. The number of ether oxygens (including phenoxy) is 1. The molecule has 1 aromatic heterocycles. The smallest absolute Gasteiger partial charge is 0.357 e. The molecule has 1 N–H and O–H groups in total. The number of fused-ring (bicyclic) bond motifs is 1. The number of carbonyl (C=O) groups is 1. The summed E-state index contributed by atoms with van der Waals surface area (Å²) in [6.45, 7) is 1.67. The van der Waals surface area contributed by atoms with Crippen LogP contribution in [-0.4, -0.2) is 29.2 Å². The van der Waals surface area contributed by atoms with Crippen LogP contribution in [0.2, 0.25) is 0 Å². The molecule has 0 fully saturated rings. The van der Waals surface area contributed by atoms with E-state index in [1.165, 1.54) is 0 Å². The molecule has 0 aliphatic carbocycles. The van der Waals surface area contributed by atoms with Crippen LogP contribution in [0.4, 0.5) is 6.01 Å². The Morgan fingerprint density at radius 3 is 3.00 bits per heavy atom. The average molecular weight is 260 g/mol. The van der Waals surface area contributed by atoms with Crippen molar-refractivity contribution < 1.29 is 19.1 Å². The van der Waals surface area contributed by atoms with Crippen molar-refractivity contribution in [3.05, 3.63) is 41.8 Å². The van der Waals surface area contributed by atoms with Crippen molar-refractivity contribution in [1.29, 1.82) is 0 Å². The van der Waals surface area contributed by atoms with E-state index >= 15 is 0 Å². The van der Waals surface area contributed by atoms with Gasteiger partial charge < -0.3 is 19.2 Å². The van der Waals surface area contributed by atoms with Gasteiger partial charge in [-0.3, -0.25) is 0 Å². The molecule has 0 saturated heterocycles. The predicted molar refractivity (Wildman–Crippen MR) is 66.4 cm³/mol. The molecule has 0 bridgehead atoms. The second kappa shape index (κ2) is 4.64. The van der Waals surface area contributed by atoms with Crippen LogP contribution in [0.5, 0.6) is 5.75 Å². The largest absolute Gasteiger partial charge is 0.491 e. The van der Waals surface area contributed by atoms with Gasteiger partial charge in [0.25, 0.3) is 6.01 Å². The summed E-state index contributed by atoms with van der Waals surface area (Å²) in [4.78, 5) is 16.6. The van der Waals surface area contributed by atoms with Crippen molar-refractivity contribution >= 4 is 12.0 Å². The van der Waals surface area contributed by atoms with Gasteiger partial charge in [0, 0.05) is 5.56 Å². The van der Waals surface area contributed by atoms with Gasteiger partial charge in [-0.1, -0.05) is 18.2 Å². The quantitative estimate of drug-likeness (QED) is 0.886. The Labute approximate surface area is 109 Å². The molecule has 2 heterocycles. The van der Waals surface area contributed by atoms with E-state index in [9.17, 15) is 4.79 Å². The summed E-state index contributed by atoms with van der Waals surface area (Å²) >= 11 is 0. The second-order valence-corrected chi connectivity index (χ2v) is 4.20. The van der Waals surface area contributed by atoms with E-state index in [4.69, 9.17) is 14.3 Å². The molecule has 1 aliphatic heterocycles. The lowest BCUT2D eigenvalue weighted by molar-refractivity contribution is 0.0690. The molecule has 1 aliphatic rings. The maximum Gasteiger partial charge on any atom is 0.357 e. The van der Waals surface area contributed by atoms with E-state index in [0.717, 1.165) is 17.6 Å². The van der Waals surface area contributed by atoms with E-state index in [0.29, 0.717) is 25.7 Å². The monoisotopic (exact) mass is 260 g/mol. The van der Waals surface area contributed by atoms with Crippen LogP contribution in [0.3, 0.4) is 0 Å². The van der Waals surface area contributed by atoms with Crippen molar-refractivity contribution in [2.75, 3.05) is 18.1 Å². The summed E-state index contributed by atoms with van der Waals surface area (Å²) < 4.78 is 10.8. The summed E-state index contributed by atoms with van der Waals surface area (Å²) in [5.41, 5.74) is 0.934. The molecule has 3 rings (SSSR count). The van der Waals surface area contributed by atoms with E-state index < -0.39 is 5.97 Å². The molecule has 0 unspecified atom stereocenters. The van der Waals surface area contributed by atoms with Crippen molar-refractivity contribution in [2.24, 2.45) is 0 Å². The Morgan fingerprint density at radius 1 is 1.37 bits per heavy atom. The highest BCUT2D eigenvalue weighted by molar-refractivity contribution is 5.85. The Hall–Kier alpha value is -2.50. The Morgan fingerprint density at radius 2 is 2.21 bits per heavy atom. The number of anilines is 1. The number of para-hydroxylation sites is 1. The third-order valence-electron chi connectivity index (χ3n) is 2.93. The zero-order valence-corrected chi connectivity index (χ0v) is 10.1. The topological polar surface area (TPSA) is 75.8 Å². The number of carboxylic acid groups (broad SMARTS) is 1. The second-order valence-electron chi connectivity index (χ2n) is 4.20. The summed E-state index contributed by atoms with van der Waals surface area (Å²) in [7, 11) is 0. The first-order chi connectivity index (χ1) is 9.24. The number of nitrogens with zero attached hydrogens (tertiary/aromatic N) is 2. The summed E-state index contributed by atoms with van der Waals surface area (Å²) in [6.07, 6.45) is 1.15. The first kappa shape index (κ1) is 11.6. The van der Waals surface area contributed by atoms with Crippen molar-refractivity contribution in [3.63, 3.8) is 0 Å². The Kier molecular flexibility index (Phi) is 2.83. The highest BCUT2D eigenvalue weighted by Crippen LogP contribution is 2.25. The van der Waals surface area contributed by atoms with Gasteiger partial charge >= 0.3 is 5.97 Å². The zero-order valence-electron chi connectivity index (χ0n) is 10.1. The predicted octanol–water partition coefficient (Wildman–Crippen LogP) is 1.77. The first-order valence-electron chi connectivity index (χ1n) is 5.88. The van der Waals surface area contributed by atoms with Crippen LogP contribution >= 0.6 is 0 Å². The number of oxazole rings is 1. The van der Waals surface area contributed by atoms with Gasteiger partial charge in [-0.05, 0) is 6.07 Å². The van der Waals surface area contributed by atoms with Crippen LogP contribution in [0, 0.1) is 0 Å². The third-order valence-corrected chi connectivity index (χ3v) is 2.93. The van der Waals surface area contributed by atoms with Crippen LogP contribution in [0.15, 0.2) is 34.9 Å². The molecule has 2 aromatic rings. The minimum absolute atomic E-state index is 0.0894. The van der Waals surface area contributed by atoms with Crippen molar-refractivity contribution in [2.45, 2.75) is 6.54 Å². The van der Waals surface area contributed by atoms with Gasteiger partial charge in [-0.2, -0.15) is 4.98 Å². The van der Waals surface area contributed by atoms with E-state index in [-0.39, 0.29) is 5.69 Å². The molecule has 19 heavy (non-hydrogen) atoms. The number of hydrogen-bond donors (Lipinski definition) is 1. The van der Waals surface area contributed by atoms with Gasteiger partial charge in [0.15, 0.2) is 5.69 Å². The summed E-state index contributed by atoms with van der Waals surface area (Å²) in [5, 5.41) is 8.84. The normalized spacial score (nSPS) is 14.4. The van der Waals surface area contributed by atoms with Crippen LogP contribution < -0.4 is 9.64 Å². The molecule has 1 aromatic carbocycles. The number of rotatable bonds is 2. The molecule has 98 valence electrons. The summed E-state index contributed by atoms with van der Waals surface area (Å²) in [6, 6.07) is 8.04. The maximum atomic E-state index is 10.8. The van der Waals surface area contributed by atoms with Gasteiger partial charge in [-0.25, -0.2) is 4.79 Å². The Balaban J connectivity index is 1.87. The Bertz CT molecular complexity index is 608. The lowest BCUT2D eigenvalue weighted by Gasteiger charge is -2.16. The fourth-order valence-corrected chi connectivity index (χ4v) is 2.00. The van der Waals surface area contributed by atoms with Crippen molar-refractivity contribution in [3.8, 4) is 5.75 Å². The number of carboxylic acids is 1. The molecule has 0 amide bonds. The molecule has 0 radical (unpaired) electrons. The molecule has 6 heteroatoms. The highest BCUT2D eigenvalue weighted by Gasteiger charge is 2.20. The molecular weight excluding hydrogens is 248 g/mol. The van der Waals surface area contributed by atoms with Gasteiger partial charge in [0.05, 0.1) is 13.1 Å². The first-order valence-corrected chi connectivity index (χ1v) is 5.88. The minimum Gasteiger partial charge on any atom is -0.491 e. The fraction of sp³-hybridized carbons (Fsp3) is 0.231. The average Bonchev–Trinajstić information content (AvgIpc) is 2.80. The number of benzene rings is 1. The molecular formula is C13H12N2O4. The number of hydrogen-bond acceptors (Lipinski definition) is 5. The molecule has 6 nitrogen and oxygen atoms in total. The minimum atomic E-state index is -1.10. The maximum absolute atomic E-state index is 10.8. The summed E-state index contributed by atoms with van der Waals surface area (Å²) in [5.74, 6) is -0.253. The number of aromatic carboxylic acids is 1. The molecule has 0 atom stereocenters. The lowest BCUT2D eigenvalue weighted by Crippen LogP contribution is -2.25. The zero-order chi connectivity index (χ0) is 13.2. The van der Waals surface area contributed by atoms with Crippen molar-refractivity contribution in [1.82, 2.24) is 4.98 Å². The molecule has 0 spiro atoms. The lowest BCUT2D eigenvalue weighted by atomic mass is 10.2. The molecule has 0 saturated carbocycles. The number of aromatic nitrogens is 1. The van der Waals surface area contributed by atoms with Crippen LogP contribution in [0.25, 0.3) is 0 Å². The third kappa shape index (κ3) is 2.24. The van der Waals surface area contributed by atoms with Crippen LogP contribution in [-0.2, 0) is 6.54 Å². The van der Waals surface area contributed by atoms with E-state index in [2.05, 4.69) is 4.98 Å². The fourth-order valence-electron chi connectivity index (χ4n) is 2.00. The van der Waals surface area contributed by atoms with E-state index in [1.807, 2.05) is 29.2 Å². The highest BCUT2D eigenvalue weighted by atomic mass is 16.5. The van der Waals surface area contributed by atoms with Gasteiger partial charge in [0.1, 0.15) is 18.6 Å².